The lowest BCUT2D eigenvalue weighted by Gasteiger charge is -2.11. The van der Waals surface area contributed by atoms with Gasteiger partial charge in [-0.2, -0.15) is 9.50 Å². The molecule has 1 aliphatic heterocycles. The number of rotatable bonds is 4. The van der Waals surface area contributed by atoms with Crippen molar-refractivity contribution in [3.8, 4) is 0 Å². The third kappa shape index (κ3) is 3.32. The normalized spacial score (nSPS) is 14.1. The summed E-state index contributed by atoms with van der Waals surface area (Å²) in [6, 6.07) is 9.17. The highest BCUT2D eigenvalue weighted by molar-refractivity contribution is 7.20. The minimum absolute atomic E-state index is 0.217. The lowest BCUT2D eigenvalue weighted by atomic mass is 10.1. The van der Waals surface area contributed by atoms with Crippen molar-refractivity contribution in [3.05, 3.63) is 57.5 Å². The Morgan fingerprint density at radius 3 is 2.85 bits per heavy atom. The molecule has 3 heterocycles. The van der Waals surface area contributed by atoms with Crippen LogP contribution in [0.3, 0.4) is 0 Å². The van der Waals surface area contributed by atoms with Gasteiger partial charge in [-0.05, 0) is 25.3 Å². The van der Waals surface area contributed by atoms with Crippen molar-refractivity contribution in [1.29, 1.82) is 0 Å². The van der Waals surface area contributed by atoms with E-state index in [2.05, 4.69) is 20.3 Å². The third-order valence-corrected chi connectivity index (χ3v) is 5.36. The van der Waals surface area contributed by atoms with Gasteiger partial charge in [0.2, 0.25) is 10.1 Å². The average Bonchev–Trinajstić information content (AvgIpc) is 3.28. The lowest BCUT2D eigenvalue weighted by Crippen LogP contribution is -2.27. The first kappa shape index (κ1) is 16.7. The van der Waals surface area contributed by atoms with Gasteiger partial charge in [-0.25, -0.2) is 0 Å². The molecule has 1 saturated heterocycles. The van der Waals surface area contributed by atoms with Crippen molar-refractivity contribution in [2.24, 2.45) is 0 Å². The first-order chi connectivity index (χ1) is 12.6. The van der Waals surface area contributed by atoms with Crippen LogP contribution in [0, 0.1) is 6.92 Å². The molecule has 1 aromatic carbocycles. The van der Waals surface area contributed by atoms with Crippen LogP contribution in [0.1, 0.15) is 34.5 Å². The molecule has 2 aromatic heterocycles. The van der Waals surface area contributed by atoms with Crippen LogP contribution in [-0.4, -0.2) is 33.6 Å². The van der Waals surface area contributed by atoms with Crippen LogP contribution in [-0.2, 0) is 6.54 Å². The maximum Gasteiger partial charge on any atom is 0.274 e. The Labute approximate surface area is 154 Å². The summed E-state index contributed by atoms with van der Waals surface area (Å²) in [5.41, 5.74) is 1.93. The highest BCUT2D eigenvalue weighted by atomic mass is 32.1. The molecule has 1 N–H and O–H groups in total. The van der Waals surface area contributed by atoms with E-state index in [0.29, 0.717) is 11.5 Å². The van der Waals surface area contributed by atoms with Crippen LogP contribution >= 0.6 is 11.3 Å². The first-order valence-corrected chi connectivity index (χ1v) is 9.41. The number of anilines is 1. The number of aromatic nitrogens is 3. The zero-order valence-electron chi connectivity index (χ0n) is 14.4. The molecule has 8 heteroatoms. The number of aryl methyl sites for hydroxylation is 1. The largest absolute Gasteiger partial charge is 0.347 e. The Bertz CT molecular complexity index is 1020. The number of hydrogen-bond acceptors (Lipinski definition) is 6. The van der Waals surface area contributed by atoms with Crippen molar-refractivity contribution >= 4 is 27.3 Å². The number of carbonyl (C=O) groups is 1. The van der Waals surface area contributed by atoms with Gasteiger partial charge >= 0.3 is 0 Å². The van der Waals surface area contributed by atoms with E-state index in [1.165, 1.54) is 21.9 Å². The molecule has 26 heavy (non-hydrogen) atoms. The molecular weight excluding hydrogens is 350 g/mol. The fraction of sp³-hybridized carbons (Fsp3) is 0.333. The van der Waals surface area contributed by atoms with Gasteiger partial charge in [0, 0.05) is 25.7 Å². The van der Waals surface area contributed by atoms with E-state index >= 15 is 0 Å². The topological polar surface area (TPSA) is 79.6 Å². The average molecular weight is 369 g/mol. The smallest absolute Gasteiger partial charge is 0.274 e. The number of carbonyl (C=O) groups excluding carboxylic acids is 1. The molecule has 1 amide bonds. The van der Waals surface area contributed by atoms with E-state index in [0.717, 1.165) is 42.2 Å². The molecule has 0 atom stereocenters. The Morgan fingerprint density at radius 1 is 1.27 bits per heavy atom. The van der Waals surface area contributed by atoms with Gasteiger partial charge < -0.3 is 10.2 Å². The summed E-state index contributed by atoms with van der Waals surface area (Å²) >= 11 is 1.34. The van der Waals surface area contributed by atoms with Crippen molar-refractivity contribution in [2.45, 2.75) is 26.3 Å². The van der Waals surface area contributed by atoms with E-state index in [-0.39, 0.29) is 11.6 Å². The summed E-state index contributed by atoms with van der Waals surface area (Å²) in [5, 5.41) is 8.19. The quantitative estimate of drug-likeness (QED) is 0.761. The van der Waals surface area contributed by atoms with E-state index < -0.39 is 5.56 Å². The molecule has 0 spiro atoms. The summed E-state index contributed by atoms with van der Waals surface area (Å²) in [4.78, 5) is 31.2. The number of benzene rings is 1. The van der Waals surface area contributed by atoms with Gasteiger partial charge in [0.25, 0.3) is 11.5 Å². The van der Waals surface area contributed by atoms with Crippen molar-refractivity contribution < 1.29 is 4.79 Å². The zero-order valence-corrected chi connectivity index (χ0v) is 15.3. The van der Waals surface area contributed by atoms with Gasteiger partial charge in [0.15, 0.2) is 0 Å². The maximum atomic E-state index is 12.7. The molecule has 134 valence electrons. The minimum atomic E-state index is -0.428. The Balaban J connectivity index is 1.62. The molecular formula is C18H19N5O2S. The van der Waals surface area contributed by atoms with Crippen molar-refractivity contribution in [2.75, 3.05) is 18.0 Å². The first-order valence-electron chi connectivity index (χ1n) is 8.60. The zero-order chi connectivity index (χ0) is 18.1. The van der Waals surface area contributed by atoms with Crippen molar-refractivity contribution in [1.82, 2.24) is 19.9 Å². The highest BCUT2D eigenvalue weighted by Crippen LogP contribution is 2.25. The maximum absolute atomic E-state index is 12.7. The summed E-state index contributed by atoms with van der Waals surface area (Å²) < 4.78 is 1.48. The second-order valence-electron chi connectivity index (χ2n) is 6.42. The monoisotopic (exact) mass is 369 g/mol. The molecule has 0 radical (unpaired) electrons. The second-order valence-corrected chi connectivity index (χ2v) is 7.36. The number of nitrogens with one attached hydrogen (secondary N) is 1. The number of nitrogens with zero attached hydrogens (tertiary/aromatic N) is 4. The molecule has 0 aliphatic carbocycles. The van der Waals surface area contributed by atoms with Crippen LogP contribution in [0.5, 0.6) is 0 Å². The third-order valence-electron chi connectivity index (χ3n) is 4.39. The SMILES string of the molecule is Cc1cccc(CNC(=O)c2cc(=O)nc3sc(N4CCCC4)nn23)c1. The van der Waals surface area contributed by atoms with Gasteiger partial charge in [-0.15, -0.1) is 5.10 Å². The molecule has 4 rings (SSSR count). The predicted octanol–water partition coefficient (Wildman–Crippen LogP) is 1.99. The van der Waals surface area contributed by atoms with Gasteiger partial charge in [-0.1, -0.05) is 41.2 Å². The molecule has 0 bridgehead atoms. The summed E-state index contributed by atoms with van der Waals surface area (Å²) in [6.45, 7) is 4.29. The van der Waals surface area contributed by atoms with E-state index in [1.54, 1.807) is 0 Å². The van der Waals surface area contributed by atoms with Gasteiger partial charge in [0.1, 0.15) is 5.69 Å². The summed E-state index contributed by atoms with van der Waals surface area (Å²) in [5.74, 6) is -0.334. The fourth-order valence-corrected chi connectivity index (χ4v) is 4.06. The molecule has 1 fully saturated rings. The Morgan fingerprint density at radius 2 is 2.08 bits per heavy atom. The minimum Gasteiger partial charge on any atom is -0.347 e. The van der Waals surface area contributed by atoms with Gasteiger partial charge in [-0.3, -0.25) is 9.59 Å². The summed E-state index contributed by atoms with van der Waals surface area (Å²) in [6.07, 6.45) is 2.26. The molecule has 3 aromatic rings. The second kappa shape index (κ2) is 6.87. The van der Waals surface area contributed by atoms with E-state index in [1.807, 2.05) is 31.2 Å². The standard InChI is InChI=1S/C18H19N5O2S/c1-12-5-4-6-13(9-12)11-19-16(25)14-10-15(24)20-17-23(14)21-18(26-17)22-7-2-3-8-22/h4-6,9-10H,2-3,7-8,11H2,1H3,(H,19,25). The molecule has 0 saturated carbocycles. The van der Waals surface area contributed by atoms with Crippen LogP contribution in [0.25, 0.3) is 4.96 Å². The number of amides is 1. The fourth-order valence-electron chi connectivity index (χ4n) is 3.10. The van der Waals surface area contributed by atoms with Crippen molar-refractivity contribution in [3.63, 3.8) is 0 Å². The van der Waals surface area contributed by atoms with Crippen LogP contribution in [0.2, 0.25) is 0 Å². The van der Waals surface area contributed by atoms with Crippen LogP contribution in [0.4, 0.5) is 5.13 Å². The number of hydrogen-bond donors (Lipinski definition) is 1. The van der Waals surface area contributed by atoms with Crippen LogP contribution < -0.4 is 15.8 Å². The lowest BCUT2D eigenvalue weighted by molar-refractivity contribution is 0.0943. The predicted molar refractivity (Wildman–Crippen MR) is 101 cm³/mol. The number of fused-ring (bicyclic) bond motifs is 1. The Hall–Kier alpha value is -2.74. The van der Waals surface area contributed by atoms with Gasteiger partial charge in [0.05, 0.1) is 0 Å². The molecule has 0 unspecified atom stereocenters. The van der Waals surface area contributed by atoms with E-state index in [9.17, 15) is 9.59 Å². The molecule has 7 nitrogen and oxygen atoms in total. The highest BCUT2D eigenvalue weighted by Gasteiger charge is 2.20. The molecule has 1 aliphatic rings. The van der Waals surface area contributed by atoms with E-state index in [4.69, 9.17) is 0 Å². The summed E-state index contributed by atoms with van der Waals surface area (Å²) in [7, 11) is 0. The Kier molecular flexibility index (Phi) is 4.42. The van der Waals surface area contributed by atoms with Crippen LogP contribution in [0.15, 0.2) is 35.1 Å².